The van der Waals surface area contributed by atoms with Gasteiger partial charge in [-0.1, -0.05) is 23.8 Å². The van der Waals surface area contributed by atoms with Gasteiger partial charge in [-0.05, 0) is 57.2 Å². The second kappa shape index (κ2) is 6.35. The minimum absolute atomic E-state index is 0.533. The van der Waals surface area contributed by atoms with Crippen molar-refractivity contribution in [2.45, 2.75) is 39.2 Å². The van der Waals surface area contributed by atoms with Gasteiger partial charge < -0.3 is 10.1 Å². The highest BCUT2D eigenvalue weighted by molar-refractivity contribution is 5.31. The van der Waals surface area contributed by atoms with E-state index in [4.69, 9.17) is 4.74 Å². The van der Waals surface area contributed by atoms with Crippen LogP contribution in [0.25, 0.3) is 0 Å². The molecule has 0 aliphatic carbocycles. The van der Waals surface area contributed by atoms with Crippen LogP contribution in [0.15, 0.2) is 18.2 Å². The van der Waals surface area contributed by atoms with Crippen molar-refractivity contribution in [2.75, 3.05) is 20.3 Å². The molecule has 1 aliphatic rings. The molecule has 1 fully saturated rings. The number of nitrogens with one attached hydrogen (secondary N) is 1. The molecule has 1 saturated heterocycles. The van der Waals surface area contributed by atoms with Crippen LogP contribution in [0.3, 0.4) is 0 Å². The molecule has 0 spiro atoms. The summed E-state index contributed by atoms with van der Waals surface area (Å²) in [6, 6.07) is 7.28. The number of aryl methyl sites for hydroxylation is 2. The highest BCUT2D eigenvalue weighted by Gasteiger charge is 2.23. The zero-order valence-electron chi connectivity index (χ0n) is 11.8. The highest BCUT2D eigenvalue weighted by atomic mass is 16.5. The standard InChI is InChI=1S/C16H25NO/c1-12-6-7-13(2)15(9-12)10-16(17-3)14-5-4-8-18-11-14/h6-7,9,14,16-17H,4-5,8,10-11H2,1-3H3. The maximum Gasteiger partial charge on any atom is 0.0509 e. The molecule has 0 radical (unpaired) electrons. The molecular weight excluding hydrogens is 222 g/mol. The Labute approximate surface area is 111 Å². The predicted molar refractivity (Wildman–Crippen MR) is 76.0 cm³/mol. The molecule has 1 aliphatic heterocycles. The maximum absolute atomic E-state index is 5.62. The lowest BCUT2D eigenvalue weighted by Gasteiger charge is -2.30. The Balaban J connectivity index is 2.06. The van der Waals surface area contributed by atoms with Gasteiger partial charge in [0.1, 0.15) is 0 Å². The Hall–Kier alpha value is -0.860. The second-order valence-electron chi connectivity index (χ2n) is 5.51. The van der Waals surface area contributed by atoms with Crippen molar-refractivity contribution in [3.05, 3.63) is 34.9 Å². The van der Waals surface area contributed by atoms with Crippen LogP contribution in [-0.2, 0) is 11.2 Å². The minimum Gasteiger partial charge on any atom is -0.381 e. The average Bonchev–Trinajstić information content (AvgIpc) is 2.41. The molecule has 2 rings (SSSR count). The molecule has 0 amide bonds. The summed E-state index contributed by atoms with van der Waals surface area (Å²) in [6.07, 6.45) is 3.60. The van der Waals surface area contributed by atoms with Gasteiger partial charge in [0.05, 0.1) is 6.61 Å². The lowest BCUT2D eigenvalue weighted by atomic mass is 9.88. The minimum atomic E-state index is 0.533. The Kier molecular flexibility index (Phi) is 4.79. The summed E-state index contributed by atoms with van der Waals surface area (Å²) in [7, 11) is 2.07. The first-order chi connectivity index (χ1) is 8.70. The summed E-state index contributed by atoms with van der Waals surface area (Å²) >= 11 is 0. The molecule has 2 atom stereocenters. The van der Waals surface area contributed by atoms with E-state index in [-0.39, 0.29) is 0 Å². The van der Waals surface area contributed by atoms with Crippen LogP contribution in [0.2, 0.25) is 0 Å². The van der Waals surface area contributed by atoms with Crippen molar-refractivity contribution in [1.29, 1.82) is 0 Å². The van der Waals surface area contributed by atoms with Gasteiger partial charge in [-0.15, -0.1) is 0 Å². The smallest absolute Gasteiger partial charge is 0.0509 e. The molecule has 0 saturated carbocycles. The Morgan fingerprint density at radius 3 is 2.89 bits per heavy atom. The van der Waals surface area contributed by atoms with Crippen LogP contribution in [0, 0.1) is 19.8 Å². The summed E-state index contributed by atoms with van der Waals surface area (Å²) in [5, 5.41) is 3.49. The predicted octanol–water partition coefficient (Wildman–Crippen LogP) is 2.86. The SMILES string of the molecule is CNC(Cc1cc(C)ccc1C)C1CCCOC1. The van der Waals surface area contributed by atoms with Crippen molar-refractivity contribution in [2.24, 2.45) is 5.92 Å². The first-order valence-corrected chi connectivity index (χ1v) is 7.02. The van der Waals surface area contributed by atoms with Crippen LogP contribution >= 0.6 is 0 Å². The molecule has 1 aromatic rings. The first-order valence-electron chi connectivity index (χ1n) is 7.02. The normalized spacial score (nSPS) is 21.8. The number of rotatable bonds is 4. The molecule has 1 N–H and O–H groups in total. The van der Waals surface area contributed by atoms with Crippen LogP contribution in [-0.4, -0.2) is 26.3 Å². The van der Waals surface area contributed by atoms with E-state index in [1.807, 2.05) is 0 Å². The largest absolute Gasteiger partial charge is 0.381 e. The van der Waals surface area contributed by atoms with Gasteiger partial charge >= 0.3 is 0 Å². The molecule has 100 valence electrons. The molecule has 18 heavy (non-hydrogen) atoms. The first kappa shape index (κ1) is 13.6. The summed E-state index contributed by atoms with van der Waals surface area (Å²) in [5.41, 5.74) is 4.22. The zero-order chi connectivity index (χ0) is 13.0. The fourth-order valence-electron chi connectivity index (χ4n) is 2.84. The van der Waals surface area contributed by atoms with Gasteiger partial charge in [-0.3, -0.25) is 0 Å². The van der Waals surface area contributed by atoms with E-state index < -0.39 is 0 Å². The lowest BCUT2D eigenvalue weighted by Crippen LogP contribution is -2.40. The summed E-state index contributed by atoms with van der Waals surface area (Å²) < 4.78 is 5.62. The van der Waals surface area contributed by atoms with E-state index in [1.165, 1.54) is 29.5 Å². The third-order valence-electron chi connectivity index (χ3n) is 4.08. The third-order valence-corrected chi connectivity index (χ3v) is 4.08. The number of benzene rings is 1. The van der Waals surface area contributed by atoms with E-state index in [9.17, 15) is 0 Å². The quantitative estimate of drug-likeness (QED) is 0.883. The molecule has 1 heterocycles. The van der Waals surface area contributed by atoms with Crippen molar-refractivity contribution in [3.63, 3.8) is 0 Å². The zero-order valence-corrected chi connectivity index (χ0v) is 11.8. The van der Waals surface area contributed by atoms with Crippen LogP contribution in [0.1, 0.15) is 29.5 Å². The average molecular weight is 247 g/mol. The summed E-state index contributed by atoms with van der Waals surface area (Å²) in [6.45, 7) is 6.23. The highest BCUT2D eigenvalue weighted by Crippen LogP contribution is 2.22. The Bertz CT molecular complexity index is 383. The maximum atomic E-state index is 5.62. The van der Waals surface area contributed by atoms with Crippen LogP contribution in [0.4, 0.5) is 0 Å². The molecule has 1 aromatic carbocycles. The van der Waals surface area contributed by atoms with Gasteiger partial charge in [0.2, 0.25) is 0 Å². The second-order valence-corrected chi connectivity index (χ2v) is 5.51. The molecule has 0 aromatic heterocycles. The van der Waals surface area contributed by atoms with E-state index in [2.05, 4.69) is 44.4 Å². The number of likely N-dealkylation sites (N-methyl/N-ethyl adjacent to an activating group) is 1. The van der Waals surface area contributed by atoms with Crippen molar-refractivity contribution >= 4 is 0 Å². The van der Waals surface area contributed by atoms with E-state index >= 15 is 0 Å². The molecule has 2 heteroatoms. The van der Waals surface area contributed by atoms with E-state index in [1.54, 1.807) is 0 Å². The van der Waals surface area contributed by atoms with Crippen molar-refractivity contribution < 1.29 is 4.74 Å². The van der Waals surface area contributed by atoms with Crippen molar-refractivity contribution in [1.82, 2.24) is 5.32 Å². The van der Waals surface area contributed by atoms with Gasteiger partial charge in [-0.2, -0.15) is 0 Å². The van der Waals surface area contributed by atoms with Gasteiger partial charge in [0, 0.05) is 12.6 Å². The fraction of sp³-hybridized carbons (Fsp3) is 0.625. The molecule has 0 bridgehead atoms. The topological polar surface area (TPSA) is 21.3 Å². The number of hydrogen-bond acceptors (Lipinski definition) is 2. The monoisotopic (exact) mass is 247 g/mol. The van der Waals surface area contributed by atoms with Crippen molar-refractivity contribution in [3.8, 4) is 0 Å². The molecule has 2 nitrogen and oxygen atoms in total. The lowest BCUT2D eigenvalue weighted by molar-refractivity contribution is 0.0404. The van der Waals surface area contributed by atoms with Crippen LogP contribution < -0.4 is 5.32 Å². The van der Waals surface area contributed by atoms with Crippen LogP contribution in [0.5, 0.6) is 0 Å². The number of ether oxygens (including phenoxy) is 1. The summed E-state index contributed by atoms with van der Waals surface area (Å²) in [4.78, 5) is 0. The fourth-order valence-corrected chi connectivity index (χ4v) is 2.84. The van der Waals surface area contributed by atoms with E-state index in [0.29, 0.717) is 12.0 Å². The van der Waals surface area contributed by atoms with Gasteiger partial charge in [0.15, 0.2) is 0 Å². The third kappa shape index (κ3) is 3.33. The van der Waals surface area contributed by atoms with Gasteiger partial charge in [-0.25, -0.2) is 0 Å². The molecular formula is C16H25NO. The molecule has 2 unspecified atom stereocenters. The van der Waals surface area contributed by atoms with Gasteiger partial charge in [0.25, 0.3) is 0 Å². The Morgan fingerprint density at radius 2 is 2.22 bits per heavy atom. The summed E-state index contributed by atoms with van der Waals surface area (Å²) in [5.74, 6) is 0.656. The number of hydrogen-bond donors (Lipinski definition) is 1. The Morgan fingerprint density at radius 1 is 1.39 bits per heavy atom. The van der Waals surface area contributed by atoms with E-state index in [0.717, 1.165) is 19.6 Å².